The third-order valence-electron chi connectivity index (χ3n) is 4.79. The molecule has 0 aromatic heterocycles. The van der Waals surface area contributed by atoms with Gasteiger partial charge in [0.15, 0.2) is 0 Å². The number of carbonyl (C=O) groups excluding carboxylic acids is 1. The molecule has 0 bridgehead atoms. The Balaban J connectivity index is 1.57. The quantitative estimate of drug-likeness (QED) is 0.234. The van der Waals surface area contributed by atoms with Crippen LogP contribution in [-0.2, 0) is 11.4 Å². The Hall–Kier alpha value is -2.62. The minimum Gasteiger partial charge on any atom is -0.489 e. The first kappa shape index (κ1) is 22.7. The van der Waals surface area contributed by atoms with Crippen LogP contribution in [0.4, 0.5) is 0 Å². The summed E-state index contributed by atoms with van der Waals surface area (Å²) in [5.41, 5.74) is 4.67. The van der Waals surface area contributed by atoms with E-state index in [-0.39, 0.29) is 5.91 Å². The Morgan fingerprint density at radius 3 is 2.24 bits per heavy atom. The number of unbranched alkanes of at least 4 members (excludes halogenated alkanes) is 7. The number of nitrogens with zero attached hydrogens (tertiary/aromatic N) is 1. The van der Waals surface area contributed by atoms with Gasteiger partial charge in [0.2, 0.25) is 5.91 Å². The van der Waals surface area contributed by atoms with Crippen molar-refractivity contribution >= 4 is 12.1 Å². The molecule has 0 fully saturated rings. The van der Waals surface area contributed by atoms with Gasteiger partial charge in [0, 0.05) is 6.42 Å². The molecular formula is C25H34N2O2. The van der Waals surface area contributed by atoms with Crippen molar-refractivity contribution in [1.29, 1.82) is 0 Å². The van der Waals surface area contributed by atoms with Crippen LogP contribution in [0.5, 0.6) is 5.75 Å². The Morgan fingerprint density at radius 1 is 0.897 bits per heavy atom. The molecule has 1 N–H and O–H groups in total. The van der Waals surface area contributed by atoms with E-state index in [0.29, 0.717) is 13.0 Å². The predicted octanol–water partition coefficient (Wildman–Crippen LogP) is 6.25. The molecule has 2 rings (SSSR count). The van der Waals surface area contributed by atoms with Crippen molar-refractivity contribution < 1.29 is 9.53 Å². The average molecular weight is 395 g/mol. The second-order valence-electron chi connectivity index (χ2n) is 7.36. The molecule has 0 aliphatic carbocycles. The monoisotopic (exact) mass is 394 g/mol. The number of nitrogens with one attached hydrogen (secondary N) is 1. The highest BCUT2D eigenvalue weighted by atomic mass is 16.5. The molecule has 2 aromatic rings. The average Bonchev–Trinajstić information content (AvgIpc) is 2.76. The van der Waals surface area contributed by atoms with Gasteiger partial charge in [0.25, 0.3) is 0 Å². The number of hydrogen-bond acceptors (Lipinski definition) is 3. The summed E-state index contributed by atoms with van der Waals surface area (Å²) in [6.07, 6.45) is 12.0. The molecule has 156 valence electrons. The number of ether oxygens (including phenoxy) is 1. The van der Waals surface area contributed by atoms with Gasteiger partial charge < -0.3 is 4.74 Å². The van der Waals surface area contributed by atoms with Gasteiger partial charge in [-0.3, -0.25) is 4.79 Å². The Kier molecular flexibility index (Phi) is 11.2. The van der Waals surface area contributed by atoms with Crippen LogP contribution in [0.1, 0.15) is 75.8 Å². The molecule has 2 aromatic carbocycles. The van der Waals surface area contributed by atoms with Crippen LogP contribution in [0.25, 0.3) is 0 Å². The Labute approximate surface area is 175 Å². The zero-order valence-corrected chi connectivity index (χ0v) is 17.6. The second kappa shape index (κ2) is 14.4. The van der Waals surface area contributed by atoms with Crippen LogP contribution < -0.4 is 10.2 Å². The van der Waals surface area contributed by atoms with Gasteiger partial charge in [-0.1, -0.05) is 82.2 Å². The van der Waals surface area contributed by atoms with Crippen molar-refractivity contribution in [1.82, 2.24) is 5.43 Å². The van der Waals surface area contributed by atoms with Crippen molar-refractivity contribution in [3.63, 3.8) is 0 Å². The minimum atomic E-state index is -0.0185. The fourth-order valence-electron chi connectivity index (χ4n) is 3.05. The number of hydrogen-bond donors (Lipinski definition) is 1. The van der Waals surface area contributed by atoms with Crippen molar-refractivity contribution in [2.45, 2.75) is 71.3 Å². The van der Waals surface area contributed by atoms with Crippen LogP contribution in [0.15, 0.2) is 59.7 Å². The molecule has 0 spiro atoms. The third kappa shape index (κ3) is 10.5. The van der Waals surface area contributed by atoms with Gasteiger partial charge in [0.1, 0.15) is 12.4 Å². The molecule has 0 saturated heterocycles. The number of hydrazone groups is 1. The molecule has 0 heterocycles. The van der Waals surface area contributed by atoms with E-state index in [9.17, 15) is 4.79 Å². The number of rotatable bonds is 14. The number of amides is 1. The molecule has 4 nitrogen and oxygen atoms in total. The fraction of sp³-hybridized carbons (Fsp3) is 0.440. The fourth-order valence-corrected chi connectivity index (χ4v) is 3.05. The largest absolute Gasteiger partial charge is 0.489 e. The summed E-state index contributed by atoms with van der Waals surface area (Å²) in [5, 5.41) is 4.05. The van der Waals surface area contributed by atoms with Crippen molar-refractivity contribution in [3.05, 3.63) is 65.7 Å². The highest BCUT2D eigenvalue weighted by Gasteiger charge is 2.00. The lowest BCUT2D eigenvalue weighted by Crippen LogP contribution is -2.16. The molecule has 0 saturated carbocycles. The first-order valence-electron chi connectivity index (χ1n) is 10.9. The summed E-state index contributed by atoms with van der Waals surface area (Å²) in [6, 6.07) is 17.7. The summed E-state index contributed by atoms with van der Waals surface area (Å²) in [6.45, 7) is 2.78. The number of benzene rings is 2. The van der Waals surface area contributed by atoms with Crippen molar-refractivity contribution in [2.24, 2.45) is 5.10 Å². The maximum absolute atomic E-state index is 11.8. The van der Waals surface area contributed by atoms with Gasteiger partial charge >= 0.3 is 0 Å². The summed E-state index contributed by atoms with van der Waals surface area (Å²) in [5.74, 6) is 0.791. The maximum Gasteiger partial charge on any atom is 0.240 e. The topological polar surface area (TPSA) is 50.7 Å². The molecular weight excluding hydrogens is 360 g/mol. The lowest BCUT2D eigenvalue weighted by molar-refractivity contribution is -0.121. The molecule has 0 aliphatic rings. The van der Waals surface area contributed by atoms with Gasteiger partial charge in [-0.15, -0.1) is 0 Å². The highest BCUT2D eigenvalue weighted by Crippen LogP contribution is 2.13. The normalized spacial score (nSPS) is 10.9. The summed E-state index contributed by atoms with van der Waals surface area (Å²) in [7, 11) is 0. The van der Waals surface area contributed by atoms with E-state index >= 15 is 0 Å². The third-order valence-corrected chi connectivity index (χ3v) is 4.79. The second-order valence-corrected chi connectivity index (χ2v) is 7.36. The van der Waals surface area contributed by atoms with Crippen molar-refractivity contribution in [2.75, 3.05) is 0 Å². The van der Waals surface area contributed by atoms with Gasteiger partial charge in [-0.2, -0.15) is 5.10 Å². The van der Waals surface area contributed by atoms with E-state index in [1.54, 1.807) is 6.21 Å². The van der Waals surface area contributed by atoms with Crippen LogP contribution in [0.2, 0.25) is 0 Å². The standard InChI is InChI=1S/C25H34N2O2/c1-2-3-4-5-6-7-8-12-15-25(28)27-26-20-22-16-18-24(19-17-22)29-21-23-13-10-9-11-14-23/h9-11,13-14,16-20H,2-8,12,15,21H2,1H3,(H,27,28)/b26-20+. The maximum atomic E-state index is 11.8. The summed E-state index contributed by atoms with van der Waals surface area (Å²) in [4.78, 5) is 11.8. The van der Waals surface area contributed by atoms with Crippen LogP contribution in [-0.4, -0.2) is 12.1 Å². The van der Waals surface area contributed by atoms with Gasteiger partial charge in [-0.25, -0.2) is 5.43 Å². The van der Waals surface area contributed by atoms with Gasteiger partial charge in [0.05, 0.1) is 6.21 Å². The van der Waals surface area contributed by atoms with E-state index in [4.69, 9.17) is 4.74 Å². The minimum absolute atomic E-state index is 0.0185. The van der Waals surface area contributed by atoms with Crippen LogP contribution in [0, 0.1) is 0 Å². The highest BCUT2D eigenvalue weighted by molar-refractivity contribution is 5.82. The molecule has 4 heteroatoms. The molecule has 1 amide bonds. The molecule has 0 atom stereocenters. The van der Waals surface area contributed by atoms with E-state index in [0.717, 1.165) is 29.7 Å². The predicted molar refractivity (Wildman–Crippen MR) is 120 cm³/mol. The SMILES string of the molecule is CCCCCCCCCCC(=O)N/N=C/c1ccc(OCc2ccccc2)cc1. The van der Waals surface area contributed by atoms with Crippen LogP contribution >= 0.6 is 0 Å². The number of carbonyl (C=O) groups is 1. The first-order chi connectivity index (χ1) is 14.3. The van der Waals surface area contributed by atoms with Gasteiger partial charge in [-0.05, 0) is 41.8 Å². The lowest BCUT2D eigenvalue weighted by Gasteiger charge is -2.06. The van der Waals surface area contributed by atoms with E-state index in [1.165, 1.54) is 38.5 Å². The van der Waals surface area contributed by atoms with Crippen LogP contribution in [0.3, 0.4) is 0 Å². The molecule has 0 unspecified atom stereocenters. The lowest BCUT2D eigenvalue weighted by atomic mass is 10.1. The molecule has 0 radical (unpaired) electrons. The zero-order chi connectivity index (χ0) is 20.6. The van der Waals surface area contributed by atoms with E-state index in [2.05, 4.69) is 17.5 Å². The smallest absolute Gasteiger partial charge is 0.240 e. The van der Waals surface area contributed by atoms with E-state index < -0.39 is 0 Å². The first-order valence-corrected chi connectivity index (χ1v) is 10.9. The summed E-state index contributed by atoms with van der Waals surface area (Å²) < 4.78 is 5.77. The molecule has 0 aliphatic heterocycles. The molecule has 29 heavy (non-hydrogen) atoms. The zero-order valence-electron chi connectivity index (χ0n) is 17.6. The van der Waals surface area contributed by atoms with Crippen molar-refractivity contribution in [3.8, 4) is 5.75 Å². The Morgan fingerprint density at radius 2 is 1.55 bits per heavy atom. The summed E-state index contributed by atoms with van der Waals surface area (Å²) >= 11 is 0. The Bertz CT molecular complexity index is 711. The van der Waals surface area contributed by atoms with E-state index in [1.807, 2.05) is 54.6 Å².